The average Bonchev–Trinajstić information content (AvgIpc) is 2.13. The van der Waals surface area contributed by atoms with Crippen LogP contribution in [0, 0.1) is 0 Å². The predicted octanol–water partition coefficient (Wildman–Crippen LogP) is 1.79. The molecule has 0 aromatic heterocycles. The number of thiol groups is 1. The topological polar surface area (TPSA) is 23.5 Å². The number of nitrogens with zero attached hydrogens (tertiary/aromatic N) is 1. The molecular weight excluding hydrogens is 182 g/mol. The van der Waals surface area contributed by atoms with Gasteiger partial charge in [0.25, 0.3) is 0 Å². The molecule has 0 amide bonds. The molecule has 1 N–H and O–H groups in total. The lowest BCUT2D eigenvalue weighted by Crippen LogP contribution is -2.28. The molecule has 0 saturated heterocycles. The van der Waals surface area contributed by atoms with Crippen molar-refractivity contribution in [2.45, 2.75) is 32.6 Å². The fourth-order valence-electron chi connectivity index (χ4n) is 1.42. The van der Waals surface area contributed by atoms with Gasteiger partial charge in [-0.3, -0.25) is 0 Å². The summed E-state index contributed by atoms with van der Waals surface area (Å²) < 4.78 is 0. The Morgan fingerprint density at radius 3 is 2.38 bits per heavy atom. The van der Waals surface area contributed by atoms with E-state index in [0.29, 0.717) is 0 Å². The van der Waals surface area contributed by atoms with Crippen LogP contribution in [0.2, 0.25) is 0 Å². The second-order valence-electron chi connectivity index (χ2n) is 3.35. The normalized spacial score (nSPS) is 11.1. The fourth-order valence-corrected chi connectivity index (χ4v) is 1.64. The van der Waals surface area contributed by atoms with Crippen LogP contribution in [0.5, 0.6) is 0 Å². The summed E-state index contributed by atoms with van der Waals surface area (Å²) in [5, 5.41) is 8.81. The van der Waals surface area contributed by atoms with Gasteiger partial charge in [-0.1, -0.05) is 13.3 Å². The molecule has 3 heteroatoms. The maximum atomic E-state index is 8.81. The molecule has 0 heterocycles. The highest BCUT2D eigenvalue weighted by atomic mass is 32.1. The highest BCUT2D eigenvalue weighted by molar-refractivity contribution is 7.80. The first kappa shape index (κ1) is 13.3. The number of hydrogen-bond donors (Lipinski definition) is 2. The van der Waals surface area contributed by atoms with Gasteiger partial charge in [-0.05, 0) is 38.1 Å². The first-order valence-electron chi connectivity index (χ1n) is 5.29. The summed E-state index contributed by atoms with van der Waals surface area (Å²) in [5.41, 5.74) is 0. The van der Waals surface area contributed by atoms with Crippen molar-refractivity contribution in [2.24, 2.45) is 0 Å². The van der Waals surface area contributed by atoms with Crippen LogP contribution < -0.4 is 0 Å². The molecule has 80 valence electrons. The molecule has 0 aliphatic rings. The zero-order valence-corrected chi connectivity index (χ0v) is 9.60. The summed E-state index contributed by atoms with van der Waals surface area (Å²) in [5.74, 6) is 0.994. The molecule has 13 heavy (non-hydrogen) atoms. The second-order valence-corrected chi connectivity index (χ2v) is 3.80. The van der Waals surface area contributed by atoms with E-state index < -0.39 is 0 Å². The summed E-state index contributed by atoms with van der Waals surface area (Å²) in [4.78, 5) is 2.33. The second kappa shape index (κ2) is 10.4. The first-order chi connectivity index (χ1) is 6.35. The molecule has 0 saturated carbocycles. The minimum atomic E-state index is 0.284. The molecular formula is C10H23NOS. The van der Waals surface area contributed by atoms with Crippen LogP contribution >= 0.6 is 12.6 Å². The summed E-state index contributed by atoms with van der Waals surface area (Å²) in [7, 11) is 0. The van der Waals surface area contributed by atoms with E-state index in [0.717, 1.165) is 25.4 Å². The zero-order chi connectivity index (χ0) is 9.94. The molecule has 0 aliphatic carbocycles. The van der Waals surface area contributed by atoms with Crippen molar-refractivity contribution >= 4 is 12.6 Å². The lowest BCUT2D eigenvalue weighted by molar-refractivity contribution is 0.193. The molecule has 0 rings (SSSR count). The van der Waals surface area contributed by atoms with Crippen LogP contribution in [-0.2, 0) is 0 Å². The number of hydrogen-bond acceptors (Lipinski definition) is 3. The number of aliphatic hydroxyl groups excluding tert-OH is 1. The number of unbranched alkanes of at least 4 members (excludes halogenated alkanes) is 2. The van der Waals surface area contributed by atoms with E-state index in [2.05, 4.69) is 24.5 Å². The quantitative estimate of drug-likeness (QED) is 0.443. The van der Waals surface area contributed by atoms with Crippen molar-refractivity contribution in [3.63, 3.8) is 0 Å². The highest BCUT2D eigenvalue weighted by Crippen LogP contribution is 2.00. The third-order valence-electron chi connectivity index (χ3n) is 2.09. The zero-order valence-electron chi connectivity index (χ0n) is 8.71. The van der Waals surface area contributed by atoms with Crippen LogP contribution in [0.3, 0.4) is 0 Å². The van der Waals surface area contributed by atoms with Gasteiger partial charge < -0.3 is 10.0 Å². The van der Waals surface area contributed by atoms with Crippen molar-refractivity contribution < 1.29 is 5.11 Å². The van der Waals surface area contributed by atoms with Gasteiger partial charge in [0, 0.05) is 6.54 Å². The first-order valence-corrected chi connectivity index (χ1v) is 5.92. The van der Waals surface area contributed by atoms with Crippen LogP contribution in [0.1, 0.15) is 32.6 Å². The Labute approximate surface area is 87.7 Å². The lowest BCUT2D eigenvalue weighted by atomic mass is 10.2. The maximum Gasteiger partial charge on any atom is 0.0558 e. The van der Waals surface area contributed by atoms with Gasteiger partial charge in [-0.2, -0.15) is 12.6 Å². The molecule has 0 fully saturated rings. The molecule has 0 aromatic carbocycles. The minimum absolute atomic E-state index is 0.284. The Morgan fingerprint density at radius 2 is 1.85 bits per heavy atom. The molecule has 0 unspecified atom stereocenters. The Balaban J connectivity index is 3.33. The van der Waals surface area contributed by atoms with Crippen molar-refractivity contribution in [3.05, 3.63) is 0 Å². The Kier molecular flexibility index (Phi) is 10.6. The fraction of sp³-hybridized carbons (Fsp3) is 1.00. The Hall–Kier alpha value is 0.270. The van der Waals surface area contributed by atoms with Gasteiger partial charge in [0.2, 0.25) is 0 Å². The molecule has 0 spiro atoms. The van der Waals surface area contributed by atoms with E-state index >= 15 is 0 Å². The van der Waals surface area contributed by atoms with Gasteiger partial charge in [-0.15, -0.1) is 0 Å². The monoisotopic (exact) mass is 205 g/mol. The summed E-state index contributed by atoms with van der Waals surface area (Å²) in [6, 6.07) is 0. The van der Waals surface area contributed by atoms with Crippen LogP contribution in [0.4, 0.5) is 0 Å². The van der Waals surface area contributed by atoms with E-state index in [1.807, 2.05) is 0 Å². The SMILES string of the molecule is CCCN(CCO)CCCCCS. The van der Waals surface area contributed by atoms with E-state index in [-0.39, 0.29) is 6.61 Å². The molecule has 0 bridgehead atoms. The number of rotatable bonds is 9. The molecule has 0 radical (unpaired) electrons. The standard InChI is InChI=1S/C10H23NOS/c1-2-6-11(8-9-12)7-4-3-5-10-13/h12-13H,2-10H2,1H3. The highest BCUT2D eigenvalue weighted by Gasteiger charge is 2.01. The van der Waals surface area contributed by atoms with E-state index in [4.69, 9.17) is 5.11 Å². The summed E-state index contributed by atoms with van der Waals surface area (Å²) >= 11 is 4.17. The van der Waals surface area contributed by atoms with Crippen molar-refractivity contribution in [1.29, 1.82) is 0 Å². The van der Waals surface area contributed by atoms with Crippen molar-refractivity contribution in [3.8, 4) is 0 Å². The van der Waals surface area contributed by atoms with Crippen LogP contribution in [-0.4, -0.2) is 42.0 Å². The van der Waals surface area contributed by atoms with E-state index in [9.17, 15) is 0 Å². The molecule has 2 nitrogen and oxygen atoms in total. The lowest BCUT2D eigenvalue weighted by Gasteiger charge is -2.20. The van der Waals surface area contributed by atoms with Gasteiger partial charge >= 0.3 is 0 Å². The smallest absolute Gasteiger partial charge is 0.0558 e. The van der Waals surface area contributed by atoms with Crippen LogP contribution in [0.15, 0.2) is 0 Å². The largest absolute Gasteiger partial charge is 0.395 e. The van der Waals surface area contributed by atoms with E-state index in [1.165, 1.54) is 25.7 Å². The summed E-state index contributed by atoms with van der Waals surface area (Å²) in [6.07, 6.45) is 4.88. The van der Waals surface area contributed by atoms with Gasteiger partial charge in [0.05, 0.1) is 6.61 Å². The van der Waals surface area contributed by atoms with Gasteiger partial charge in [0.15, 0.2) is 0 Å². The molecule has 0 aromatic rings. The van der Waals surface area contributed by atoms with Gasteiger partial charge in [-0.25, -0.2) is 0 Å². The average molecular weight is 205 g/mol. The van der Waals surface area contributed by atoms with Gasteiger partial charge in [0.1, 0.15) is 0 Å². The Morgan fingerprint density at radius 1 is 1.08 bits per heavy atom. The van der Waals surface area contributed by atoms with Crippen molar-refractivity contribution in [2.75, 3.05) is 32.0 Å². The Bertz CT molecular complexity index is 94.9. The molecule has 0 aliphatic heterocycles. The maximum absolute atomic E-state index is 8.81. The summed E-state index contributed by atoms with van der Waals surface area (Å²) in [6.45, 7) is 5.53. The minimum Gasteiger partial charge on any atom is -0.395 e. The van der Waals surface area contributed by atoms with E-state index in [1.54, 1.807) is 0 Å². The number of aliphatic hydroxyl groups is 1. The predicted molar refractivity (Wildman–Crippen MR) is 61.5 cm³/mol. The van der Waals surface area contributed by atoms with Crippen LogP contribution in [0.25, 0.3) is 0 Å². The van der Waals surface area contributed by atoms with Crippen molar-refractivity contribution in [1.82, 2.24) is 4.90 Å². The third-order valence-corrected chi connectivity index (χ3v) is 2.40. The molecule has 0 atom stereocenters. The third kappa shape index (κ3) is 8.60.